The first kappa shape index (κ1) is 9.66. The van der Waals surface area contributed by atoms with Crippen molar-refractivity contribution in [3.8, 4) is 0 Å². The molecule has 0 aromatic rings. The van der Waals surface area contributed by atoms with Crippen molar-refractivity contribution in [1.29, 1.82) is 0 Å². The molecular weight excluding hydrogens is 128 g/mol. The van der Waals surface area contributed by atoms with Crippen molar-refractivity contribution in [2.45, 2.75) is 25.9 Å². The number of aliphatic hydroxyl groups is 1. The summed E-state index contributed by atoms with van der Waals surface area (Å²) < 4.78 is 5.03. The smallest absolute Gasteiger partial charge is 0.0773 e. The van der Waals surface area contributed by atoms with E-state index >= 15 is 0 Å². The van der Waals surface area contributed by atoms with Gasteiger partial charge in [-0.25, -0.2) is 0 Å². The van der Waals surface area contributed by atoms with Gasteiger partial charge in [0.15, 0.2) is 0 Å². The minimum Gasteiger partial charge on any atom is -0.391 e. The Balaban J connectivity index is 3.04. The second-order valence-electron chi connectivity index (χ2n) is 2.27. The third-order valence-corrected chi connectivity index (χ3v) is 1.17. The van der Waals surface area contributed by atoms with Gasteiger partial charge < -0.3 is 9.84 Å². The van der Waals surface area contributed by atoms with Crippen LogP contribution >= 0.6 is 0 Å². The molecule has 0 fully saturated rings. The first-order valence-electron chi connectivity index (χ1n) is 3.68. The Morgan fingerprint density at radius 1 is 1.70 bits per heavy atom. The molecule has 0 saturated heterocycles. The molecule has 60 valence electrons. The van der Waals surface area contributed by atoms with Crippen LogP contribution in [0.1, 0.15) is 19.8 Å². The van der Waals surface area contributed by atoms with Crippen LogP contribution in [0.15, 0.2) is 12.7 Å². The predicted molar refractivity (Wildman–Crippen MR) is 41.9 cm³/mol. The highest BCUT2D eigenvalue weighted by molar-refractivity contribution is 4.64. The molecule has 2 heteroatoms. The van der Waals surface area contributed by atoms with E-state index in [9.17, 15) is 0 Å². The molecule has 0 amide bonds. The number of hydrogen-bond acceptors (Lipinski definition) is 2. The largest absolute Gasteiger partial charge is 0.391 e. The summed E-state index contributed by atoms with van der Waals surface area (Å²) in [5.74, 6) is 0. The second-order valence-corrected chi connectivity index (χ2v) is 2.27. The van der Waals surface area contributed by atoms with Gasteiger partial charge in [-0.1, -0.05) is 19.4 Å². The van der Waals surface area contributed by atoms with Crippen LogP contribution in [0.25, 0.3) is 0 Å². The Morgan fingerprint density at radius 3 is 2.90 bits per heavy atom. The molecule has 0 bridgehead atoms. The summed E-state index contributed by atoms with van der Waals surface area (Å²) in [7, 11) is 0. The maximum absolute atomic E-state index is 9.12. The van der Waals surface area contributed by atoms with E-state index in [0.29, 0.717) is 13.2 Å². The van der Waals surface area contributed by atoms with E-state index < -0.39 is 0 Å². The highest BCUT2D eigenvalue weighted by Gasteiger charge is 1.99. The van der Waals surface area contributed by atoms with E-state index in [1.54, 1.807) is 6.08 Å². The lowest BCUT2D eigenvalue weighted by Gasteiger charge is -2.07. The molecule has 10 heavy (non-hydrogen) atoms. The molecule has 0 aliphatic rings. The van der Waals surface area contributed by atoms with Crippen LogP contribution in [0.3, 0.4) is 0 Å². The lowest BCUT2D eigenvalue weighted by molar-refractivity contribution is 0.0443. The molecule has 0 aliphatic heterocycles. The van der Waals surface area contributed by atoms with E-state index in [2.05, 4.69) is 6.58 Å². The molecule has 0 spiro atoms. The van der Waals surface area contributed by atoms with E-state index in [0.717, 1.165) is 12.8 Å². The van der Waals surface area contributed by atoms with Crippen LogP contribution in [0, 0.1) is 0 Å². The molecule has 0 saturated carbocycles. The molecule has 0 aliphatic carbocycles. The summed E-state index contributed by atoms with van der Waals surface area (Å²) in [5, 5.41) is 9.12. The predicted octanol–water partition coefficient (Wildman–Crippen LogP) is 1.35. The minimum absolute atomic E-state index is 0.301. The summed E-state index contributed by atoms with van der Waals surface area (Å²) in [6.07, 6.45) is 3.19. The monoisotopic (exact) mass is 144 g/mol. The van der Waals surface area contributed by atoms with Crippen molar-refractivity contribution in [2.75, 3.05) is 13.2 Å². The van der Waals surface area contributed by atoms with E-state index in [-0.39, 0.29) is 6.10 Å². The summed E-state index contributed by atoms with van der Waals surface area (Å²) >= 11 is 0. The Bertz CT molecular complexity index is 81.3. The molecule has 0 aromatic carbocycles. The van der Waals surface area contributed by atoms with Gasteiger partial charge >= 0.3 is 0 Å². The fourth-order valence-electron chi connectivity index (χ4n) is 0.704. The standard InChI is InChI=1S/C8H16O2/c1-3-5-8(9)7-10-6-4-2/h4,8-9H,2-3,5-7H2,1H3. The fourth-order valence-corrected chi connectivity index (χ4v) is 0.704. The minimum atomic E-state index is -0.301. The van der Waals surface area contributed by atoms with Gasteiger partial charge in [0.05, 0.1) is 19.3 Å². The van der Waals surface area contributed by atoms with Crippen LogP contribution in [-0.2, 0) is 4.74 Å². The van der Waals surface area contributed by atoms with Gasteiger partial charge in [0.25, 0.3) is 0 Å². The van der Waals surface area contributed by atoms with E-state index in [1.165, 1.54) is 0 Å². The molecule has 0 heterocycles. The van der Waals surface area contributed by atoms with Crippen LogP contribution in [0.5, 0.6) is 0 Å². The summed E-state index contributed by atoms with van der Waals surface area (Å²) in [4.78, 5) is 0. The molecular formula is C8H16O2. The average molecular weight is 144 g/mol. The highest BCUT2D eigenvalue weighted by atomic mass is 16.5. The van der Waals surface area contributed by atoms with Gasteiger partial charge in [0.2, 0.25) is 0 Å². The van der Waals surface area contributed by atoms with Gasteiger partial charge in [-0.2, -0.15) is 0 Å². The molecule has 0 radical (unpaired) electrons. The zero-order valence-corrected chi connectivity index (χ0v) is 6.55. The van der Waals surface area contributed by atoms with Crippen molar-refractivity contribution in [3.63, 3.8) is 0 Å². The second kappa shape index (κ2) is 6.78. The lowest BCUT2D eigenvalue weighted by atomic mass is 10.2. The zero-order chi connectivity index (χ0) is 7.82. The van der Waals surface area contributed by atoms with Crippen molar-refractivity contribution < 1.29 is 9.84 Å². The number of rotatable bonds is 6. The van der Waals surface area contributed by atoms with E-state index in [4.69, 9.17) is 9.84 Å². The van der Waals surface area contributed by atoms with Gasteiger partial charge in [-0.05, 0) is 6.42 Å². The maximum Gasteiger partial charge on any atom is 0.0773 e. The van der Waals surface area contributed by atoms with Crippen LogP contribution in [0.4, 0.5) is 0 Å². The Kier molecular flexibility index (Phi) is 6.55. The first-order valence-corrected chi connectivity index (χ1v) is 3.68. The number of hydrogen-bond donors (Lipinski definition) is 1. The Morgan fingerprint density at radius 2 is 2.40 bits per heavy atom. The normalized spacial score (nSPS) is 13.0. The van der Waals surface area contributed by atoms with Crippen molar-refractivity contribution in [1.82, 2.24) is 0 Å². The quantitative estimate of drug-likeness (QED) is 0.450. The third kappa shape index (κ3) is 5.79. The summed E-state index contributed by atoms with van der Waals surface area (Å²) in [6.45, 7) is 6.49. The fraction of sp³-hybridized carbons (Fsp3) is 0.750. The molecule has 1 unspecified atom stereocenters. The third-order valence-electron chi connectivity index (χ3n) is 1.17. The molecule has 0 aromatic heterocycles. The molecule has 1 atom stereocenters. The average Bonchev–Trinajstić information content (AvgIpc) is 1.89. The lowest BCUT2D eigenvalue weighted by Crippen LogP contribution is -2.14. The summed E-state index contributed by atoms with van der Waals surface area (Å²) in [6, 6.07) is 0. The van der Waals surface area contributed by atoms with Crippen molar-refractivity contribution >= 4 is 0 Å². The summed E-state index contributed by atoms with van der Waals surface area (Å²) in [5.41, 5.74) is 0. The number of aliphatic hydroxyl groups excluding tert-OH is 1. The Hall–Kier alpha value is -0.340. The van der Waals surface area contributed by atoms with Gasteiger partial charge in [0, 0.05) is 0 Å². The zero-order valence-electron chi connectivity index (χ0n) is 6.55. The molecule has 1 N–H and O–H groups in total. The first-order chi connectivity index (χ1) is 4.81. The van der Waals surface area contributed by atoms with Crippen LogP contribution in [0.2, 0.25) is 0 Å². The van der Waals surface area contributed by atoms with Gasteiger partial charge in [-0.15, -0.1) is 6.58 Å². The van der Waals surface area contributed by atoms with Crippen molar-refractivity contribution in [2.24, 2.45) is 0 Å². The SMILES string of the molecule is C=CCOCC(O)CCC. The van der Waals surface area contributed by atoms with Gasteiger partial charge in [0.1, 0.15) is 0 Å². The maximum atomic E-state index is 9.12. The van der Waals surface area contributed by atoms with Crippen molar-refractivity contribution in [3.05, 3.63) is 12.7 Å². The van der Waals surface area contributed by atoms with Crippen LogP contribution < -0.4 is 0 Å². The van der Waals surface area contributed by atoms with E-state index in [1.807, 2.05) is 6.92 Å². The molecule has 2 nitrogen and oxygen atoms in total. The van der Waals surface area contributed by atoms with Crippen LogP contribution in [-0.4, -0.2) is 24.4 Å². The molecule has 0 rings (SSSR count). The Labute approximate surface area is 62.5 Å². The number of ether oxygens (including phenoxy) is 1. The highest BCUT2D eigenvalue weighted by Crippen LogP contribution is 1.95. The topological polar surface area (TPSA) is 29.5 Å². The van der Waals surface area contributed by atoms with Gasteiger partial charge in [-0.3, -0.25) is 0 Å².